The SMILES string of the molecule is CC(CC(O)c1cccs1)NC(=O)NC1CCOC1C. The number of aliphatic hydroxyl groups excluding tert-OH is 1. The van der Waals surface area contributed by atoms with Crippen LogP contribution in [0, 0.1) is 0 Å². The summed E-state index contributed by atoms with van der Waals surface area (Å²) in [4.78, 5) is 12.8. The molecule has 1 aromatic rings. The van der Waals surface area contributed by atoms with Crippen LogP contribution >= 0.6 is 11.3 Å². The minimum absolute atomic E-state index is 0.0627. The Morgan fingerprint density at radius 3 is 3.05 bits per heavy atom. The van der Waals surface area contributed by atoms with Crippen molar-refractivity contribution in [3.8, 4) is 0 Å². The molecular weight excluding hydrogens is 276 g/mol. The van der Waals surface area contributed by atoms with E-state index < -0.39 is 6.10 Å². The lowest BCUT2D eigenvalue weighted by Crippen LogP contribution is -2.47. The molecule has 0 saturated carbocycles. The van der Waals surface area contributed by atoms with Gasteiger partial charge in [-0.15, -0.1) is 11.3 Å². The molecule has 4 atom stereocenters. The van der Waals surface area contributed by atoms with Gasteiger partial charge in [-0.1, -0.05) is 6.07 Å². The number of amides is 2. The average molecular weight is 298 g/mol. The van der Waals surface area contributed by atoms with Gasteiger partial charge in [0.25, 0.3) is 0 Å². The zero-order valence-electron chi connectivity index (χ0n) is 11.8. The first-order valence-electron chi connectivity index (χ1n) is 6.96. The molecule has 1 saturated heterocycles. The minimum Gasteiger partial charge on any atom is -0.387 e. The van der Waals surface area contributed by atoms with Gasteiger partial charge in [-0.05, 0) is 38.1 Å². The summed E-state index contributed by atoms with van der Waals surface area (Å²) in [5, 5.41) is 17.7. The normalized spacial score (nSPS) is 25.1. The van der Waals surface area contributed by atoms with Crippen molar-refractivity contribution in [2.45, 2.75) is 51.0 Å². The van der Waals surface area contributed by atoms with Crippen LogP contribution < -0.4 is 10.6 Å². The number of carbonyl (C=O) groups is 1. The van der Waals surface area contributed by atoms with E-state index in [1.165, 1.54) is 11.3 Å². The number of ether oxygens (including phenoxy) is 1. The van der Waals surface area contributed by atoms with Crippen molar-refractivity contribution in [3.05, 3.63) is 22.4 Å². The Labute approximate surface area is 123 Å². The highest BCUT2D eigenvalue weighted by molar-refractivity contribution is 7.10. The Morgan fingerprint density at radius 2 is 2.45 bits per heavy atom. The molecule has 2 amide bonds. The molecule has 4 unspecified atom stereocenters. The zero-order chi connectivity index (χ0) is 14.5. The molecule has 0 spiro atoms. The topological polar surface area (TPSA) is 70.6 Å². The number of thiophene rings is 1. The molecule has 0 radical (unpaired) electrons. The maximum atomic E-state index is 11.9. The van der Waals surface area contributed by atoms with Crippen molar-refractivity contribution in [2.24, 2.45) is 0 Å². The second kappa shape index (κ2) is 7.06. The number of nitrogens with one attached hydrogen (secondary N) is 2. The van der Waals surface area contributed by atoms with Crippen LogP contribution in [0.2, 0.25) is 0 Å². The smallest absolute Gasteiger partial charge is 0.315 e. The Hall–Kier alpha value is -1.11. The lowest BCUT2D eigenvalue weighted by Gasteiger charge is -2.20. The molecule has 112 valence electrons. The third-order valence-electron chi connectivity index (χ3n) is 3.52. The van der Waals surface area contributed by atoms with Crippen LogP contribution in [0.15, 0.2) is 17.5 Å². The van der Waals surface area contributed by atoms with Gasteiger partial charge in [0.05, 0.1) is 18.2 Å². The van der Waals surface area contributed by atoms with E-state index >= 15 is 0 Å². The van der Waals surface area contributed by atoms with Gasteiger partial charge in [0.2, 0.25) is 0 Å². The van der Waals surface area contributed by atoms with Crippen LogP contribution in [0.1, 0.15) is 37.7 Å². The summed E-state index contributed by atoms with van der Waals surface area (Å²) in [6, 6.07) is 3.60. The molecule has 1 fully saturated rings. The molecule has 3 N–H and O–H groups in total. The summed E-state index contributed by atoms with van der Waals surface area (Å²) in [6.07, 6.45) is 0.887. The highest BCUT2D eigenvalue weighted by atomic mass is 32.1. The molecule has 0 bridgehead atoms. The highest BCUT2D eigenvalue weighted by Crippen LogP contribution is 2.22. The molecule has 6 heteroatoms. The molecule has 1 aliphatic heterocycles. The van der Waals surface area contributed by atoms with Gasteiger partial charge in [0.15, 0.2) is 0 Å². The van der Waals surface area contributed by atoms with Gasteiger partial charge >= 0.3 is 6.03 Å². The molecule has 20 heavy (non-hydrogen) atoms. The second-order valence-corrected chi connectivity index (χ2v) is 6.24. The number of carbonyl (C=O) groups excluding carboxylic acids is 1. The van der Waals surface area contributed by atoms with Crippen molar-refractivity contribution in [1.29, 1.82) is 0 Å². The maximum Gasteiger partial charge on any atom is 0.315 e. The third kappa shape index (κ3) is 4.19. The second-order valence-electron chi connectivity index (χ2n) is 5.26. The van der Waals surface area contributed by atoms with Crippen LogP contribution in [0.5, 0.6) is 0 Å². The number of urea groups is 1. The fourth-order valence-corrected chi connectivity index (χ4v) is 3.07. The van der Waals surface area contributed by atoms with Crippen LogP contribution in [0.25, 0.3) is 0 Å². The predicted octanol–water partition coefficient (Wildman–Crippen LogP) is 2.04. The first kappa shape index (κ1) is 15.3. The number of hydrogen-bond donors (Lipinski definition) is 3. The zero-order valence-corrected chi connectivity index (χ0v) is 12.7. The molecule has 1 aromatic heterocycles. The number of aliphatic hydroxyl groups is 1. The van der Waals surface area contributed by atoms with E-state index in [9.17, 15) is 9.90 Å². The lowest BCUT2D eigenvalue weighted by molar-refractivity contribution is 0.113. The standard InChI is InChI=1S/C14H22N2O3S/c1-9(8-12(17)13-4-3-7-20-13)15-14(18)16-11-5-6-19-10(11)2/h3-4,7,9-12,17H,5-6,8H2,1-2H3,(H2,15,16,18). The Kier molecular flexibility index (Phi) is 5.39. The summed E-state index contributed by atoms with van der Waals surface area (Å²) in [5.74, 6) is 0. The van der Waals surface area contributed by atoms with E-state index in [1.807, 2.05) is 31.4 Å². The van der Waals surface area contributed by atoms with Gasteiger partial charge in [-0.2, -0.15) is 0 Å². The summed E-state index contributed by atoms with van der Waals surface area (Å²) in [5.41, 5.74) is 0. The monoisotopic (exact) mass is 298 g/mol. The fourth-order valence-electron chi connectivity index (χ4n) is 2.35. The van der Waals surface area contributed by atoms with Gasteiger partial charge in [0, 0.05) is 17.5 Å². The van der Waals surface area contributed by atoms with Crippen molar-refractivity contribution >= 4 is 17.4 Å². The number of hydrogen-bond acceptors (Lipinski definition) is 4. The van der Waals surface area contributed by atoms with E-state index in [0.29, 0.717) is 13.0 Å². The van der Waals surface area contributed by atoms with Crippen LogP contribution in [-0.4, -0.2) is 35.9 Å². The largest absolute Gasteiger partial charge is 0.387 e. The van der Waals surface area contributed by atoms with E-state index in [-0.39, 0.29) is 24.2 Å². The molecule has 0 aromatic carbocycles. The first-order valence-corrected chi connectivity index (χ1v) is 7.84. The highest BCUT2D eigenvalue weighted by Gasteiger charge is 2.26. The number of rotatable bonds is 5. The van der Waals surface area contributed by atoms with Gasteiger partial charge in [-0.3, -0.25) is 0 Å². The van der Waals surface area contributed by atoms with E-state index in [2.05, 4.69) is 10.6 Å². The minimum atomic E-state index is -0.529. The Morgan fingerprint density at radius 1 is 1.65 bits per heavy atom. The van der Waals surface area contributed by atoms with Gasteiger partial charge in [-0.25, -0.2) is 4.79 Å². The fraction of sp³-hybridized carbons (Fsp3) is 0.643. The molecule has 1 aliphatic rings. The molecule has 2 rings (SSSR count). The van der Waals surface area contributed by atoms with Crippen molar-refractivity contribution in [3.63, 3.8) is 0 Å². The molecule has 5 nitrogen and oxygen atoms in total. The molecule has 2 heterocycles. The van der Waals surface area contributed by atoms with Crippen LogP contribution in [-0.2, 0) is 4.74 Å². The Bertz CT molecular complexity index is 424. The first-order chi connectivity index (χ1) is 9.56. The summed E-state index contributed by atoms with van der Waals surface area (Å²) < 4.78 is 5.40. The third-order valence-corrected chi connectivity index (χ3v) is 4.49. The van der Waals surface area contributed by atoms with Crippen molar-refractivity contribution in [1.82, 2.24) is 10.6 Å². The predicted molar refractivity (Wildman–Crippen MR) is 78.8 cm³/mol. The quantitative estimate of drug-likeness (QED) is 0.779. The summed E-state index contributed by atoms with van der Waals surface area (Å²) >= 11 is 1.52. The van der Waals surface area contributed by atoms with Crippen molar-refractivity contribution < 1.29 is 14.6 Å². The van der Waals surface area contributed by atoms with E-state index in [1.54, 1.807) is 0 Å². The van der Waals surface area contributed by atoms with Crippen LogP contribution in [0.4, 0.5) is 4.79 Å². The van der Waals surface area contributed by atoms with Gasteiger partial charge in [0.1, 0.15) is 0 Å². The molecule has 0 aliphatic carbocycles. The average Bonchev–Trinajstić information content (AvgIpc) is 3.01. The summed E-state index contributed by atoms with van der Waals surface area (Å²) in [6.45, 7) is 4.55. The maximum absolute atomic E-state index is 11.9. The Balaban J connectivity index is 1.73. The van der Waals surface area contributed by atoms with Crippen molar-refractivity contribution in [2.75, 3.05) is 6.61 Å². The van der Waals surface area contributed by atoms with Crippen LogP contribution in [0.3, 0.4) is 0 Å². The van der Waals surface area contributed by atoms with E-state index in [0.717, 1.165) is 11.3 Å². The molecular formula is C14H22N2O3S. The summed E-state index contributed by atoms with van der Waals surface area (Å²) in [7, 11) is 0. The lowest BCUT2D eigenvalue weighted by atomic mass is 10.1. The van der Waals surface area contributed by atoms with Gasteiger partial charge < -0.3 is 20.5 Å². The van der Waals surface area contributed by atoms with E-state index in [4.69, 9.17) is 4.74 Å².